The van der Waals surface area contributed by atoms with E-state index in [4.69, 9.17) is 8.37 Å². The Balaban J connectivity index is 1.71. The Kier molecular flexibility index (Phi) is 12.4. The Morgan fingerprint density at radius 3 is 1.10 bits per heavy atom. The van der Waals surface area contributed by atoms with Crippen LogP contribution in [0.25, 0.3) is 0 Å². The zero-order valence-corrected chi connectivity index (χ0v) is 31.3. The van der Waals surface area contributed by atoms with Gasteiger partial charge < -0.3 is 0 Å². The lowest BCUT2D eigenvalue weighted by molar-refractivity contribution is 0.205. The molecular formula is C34H40N2O10S4. The minimum absolute atomic E-state index is 0.102. The van der Waals surface area contributed by atoms with Gasteiger partial charge in [0.25, 0.3) is 20.2 Å². The highest BCUT2D eigenvalue weighted by Gasteiger charge is 2.38. The zero-order chi connectivity index (χ0) is 36.8. The largest absolute Gasteiger partial charge is 0.296 e. The van der Waals surface area contributed by atoms with Gasteiger partial charge in [0.15, 0.2) is 0 Å². The zero-order valence-electron chi connectivity index (χ0n) is 28.0. The van der Waals surface area contributed by atoms with Crippen LogP contribution in [0.4, 0.5) is 0 Å². The van der Waals surface area contributed by atoms with Crippen molar-refractivity contribution in [1.82, 2.24) is 9.44 Å². The predicted octanol–water partition coefficient (Wildman–Crippen LogP) is 4.51. The van der Waals surface area contributed by atoms with Crippen LogP contribution in [-0.2, 0) is 48.6 Å². The molecule has 0 atom stereocenters. The number of nitrogens with one attached hydrogen (secondary N) is 2. The fourth-order valence-electron chi connectivity index (χ4n) is 4.77. The molecule has 0 heterocycles. The van der Waals surface area contributed by atoms with Gasteiger partial charge in [-0.25, -0.2) is 26.3 Å². The Hall–Kier alpha value is -3.48. The van der Waals surface area contributed by atoms with E-state index in [9.17, 15) is 33.7 Å². The molecule has 4 rings (SSSR count). The molecule has 270 valence electrons. The Morgan fingerprint density at radius 2 is 0.760 bits per heavy atom. The van der Waals surface area contributed by atoms with Crippen molar-refractivity contribution < 1.29 is 42.0 Å². The summed E-state index contributed by atoms with van der Waals surface area (Å²) in [4.78, 5) is -0.534. The Bertz CT molecular complexity index is 2120. The van der Waals surface area contributed by atoms with E-state index in [1.54, 1.807) is 76.2 Å². The maximum absolute atomic E-state index is 13.8. The summed E-state index contributed by atoms with van der Waals surface area (Å²) in [5.41, 5.74) is 1.35. The first-order valence-corrected chi connectivity index (χ1v) is 21.2. The van der Waals surface area contributed by atoms with Crippen molar-refractivity contribution in [3.05, 3.63) is 119 Å². The first-order valence-electron chi connectivity index (χ1n) is 15.4. The Morgan fingerprint density at radius 1 is 0.460 bits per heavy atom. The lowest BCUT2D eigenvalue weighted by Gasteiger charge is -2.34. The molecule has 50 heavy (non-hydrogen) atoms. The third-order valence-electron chi connectivity index (χ3n) is 7.87. The summed E-state index contributed by atoms with van der Waals surface area (Å²) >= 11 is 0. The van der Waals surface area contributed by atoms with E-state index < -0.39 is 78.4 Å². The molecule has 0 unspecified atom stereocenters. The van der Waals surface area contributed by atoms with E-state index in [-0.39, 0.29) is 19.6 Å². The quantitative estimate of drug-likeness (QED) is 0.145. The van der Waals surface area contributed by atoms with Gasteiger partial charge in [-0.3, -0.25) is 8.37 Å². The van der Waals surface area contributed by atoms with Crippen molar-refractivity contribution >= 4 is 40.3 Å². The molecule has 16 heteroatoms. The average molecular weight is 765 g/mol. The summed E-state index contributed by atoms with van der Waals surface area (Å²) in [6.45, 7) is 5.27. The Labute approximate surface area is 295 Å². The van der Waals surface area contributed by atoms with E-state index >= 15 is 0 Å². The first-order chi connectivity index (χ1) is 23.3. The summed E-state index contributed by atoms with van der Waals surface area (Å²) in [5.74, 6) is 0. The normalized spacial score (nSPS) is 13.0. The molecule has 0 saturated heterocycles. The van der Waals surface area contributed by atoms with Crippen molar-refractivity contribution in [2.24, 2.45) is 0 Å². The second kappa shape index (κ2) is 15.8. The highest BCUT2D eigenvalue weighted by Crippen LogP contribution is 2.25. The van der Waals surface area contributed by atoms with E-state index in [1.165, 1.54) is 48.5 Å². The molecule has 0 aromatic heterocycles. The van der Waals surface area contributed by atoms with Crippen LogP contribution in [0.15, 0.2) is 117 Å². The molecule has 0 bridgehead atoms. The van der Waals surface area contributed by atoms with E-state index in [2.05, 4.69) is 9.44 Å². The van der Waals surface area contributed by atoms with Crippen LogP contribution in [0.5, 0.6) is 0 Å². The molecule has 0 aliphatic rings. The molecule has 0 amide bonds. The highest BCUT2D eigenvalue weighted by molar-refractivity contribution is 7.90. The van der Waals surface area contributed by atoms with Gasteiger partial charge in [-0.1, -0.05) is 70.8 Å². The van der Waals surface area contributed by atoms with Crippen molar-refractivity contribution in [3.8, 4) is 0 Å². The van der Waals surface area contributed by atoms with Crippen LogP contribution < -0.4 is 9.44 Å². The van der Waals surface area contributed by atoms with Crippen molar-refractivity contribution in [1.29, 1.82) is 0 Å². The fraction of sp³-hybridized carbons (Fsp3) is 0.294. The molecule has 2 N–H and O–H groups in total. The number of sulfonamides is 2. The predicted molar refractivity (Wildman–Crippen MR) is 188 cm³/mol. The van der Waals surface area contributed by atoms with Gasteiger partial charge in [0.1, 0.15) is 0 Å². The van der Waals surface area contributed by atoms with Crippen molar-refractivity contribution in [2.45, 2.75) is 65.7 Å². The van der Waals surface area contributed by atoms with Gasteiger partial charge in [0.05, 0.1) is 38.3 Å². The van der Waals surface area contributed by atoms with Gasteiger partial charge in [0.2, 0.25) is 20.0 Å². The van der Waals surface area contributed by atoms with Crippen molar-refractivity contribution in [2.75, 3.05) is 19.8 Å². The molecule has 0 spiro atoms. The van der Waals surface area contributed by atoms with Crippen LogP contribution in [0.3, 0.4) is 0 Å². The molecule has 4 aromatic rings. The van der Waals surface area contributed by atoms with Crippen LogP contribution >= 0.6 is 0 Å². The van der Waals surface area contributed by atoms with E-state index in [0.29, 0.717) is 0 Å². The van der Waals surface area contributed by atoms with Crippen LogP contribution in [-0.4, -0.2) is 59.0 Å². The van der Waals surface area contributed by atoms with E-state index in [1.807, 2.05) is 0 Å². The molecule has 12 nitrogen and oxygen atoms in total. The highest BCUT2D eigenvalue weighted by atomic mass is 32.2. The number of benzene rings is 4. The fourth-order valence-corrected chi connectivity index (χ4v) is 9.18. The van der Waals surface area contributed by atoms with Gasteiger partial charge in [0, 0.05) is 6.54 Å². The number of hydrogen-bond acceptors (Lipinski definition) is 10. The van der Waals surface area contributed by atoms with Crippen LogP contribution in [0.2, 0.25) is 0 Å². The molecule has 0 fully saturated rings. The number of hydrogen-bond donors (Lipinski definition) is 2. The lowest BCUT2D eigenvalue weighted by Crippen LogP contribution is -2.56. The maximum Gasteiger partial charge on any atom is 0.296 e. The molecule has 4 aromatic carbocycles. The van der Waals surface area contributed by atoms with Crippen LogP contribution in [0, 0.1) is 27.7 Å². The second-order valence-corrected chi connectivity index (χ2v) is 18.7. The standard InChI is InChI=1S/C34H40N2O10S4/c1-26-5-13-30(14-6-26)47(37,38)35-25-34(36-48(39,40)31-15-7-27(2)8-16-31,21-23-45-49(41,42)32-17-9-28(3)10-18-32)22-24-46-50(43,44)33-19-11-29(4)12-20-33/h5-20,35-36H,21-25H2,1-4H3. The molecular weight excluding hydrogens is 725 g/mol. The summed E-state index contributed by atoms with van der Waals surface area (Å²) < 4.78 is 122. The first kappa shape index (κ1) is 39.3. The third-order valence-corrected chi connectivity index (χ3v) is 13.5. The van der Waals surface area contributed by atoms with Gasteiger partial charge in [-0.15, -0.1) is 0 Å². The number of aryl methyl sites for hydroxylation is 4. The third kappa shape index (κ3) is 10.5. The summed E-state index contributed by atoms with van der Waals surface area (Å²) in [5, 5.41) is 0. The molecule has 0 aliphatic carbocycles. The van der Waals surface area contributed by atoms with E-state index in [0.717, 1.165) is 22.3 Å². The van der Waals surface area contributed by atoms with Gasteiger partial charge in [-0.05, 0) is 89.1 Å². The topological polar surface area (TPSA) is 179 Å². The molecule has 0 radical (unpaired) electrons. The minimum Gasteiger partial charge on any atom is -0.266 e. The average Bonchev–Trinajstić information content (AvgIpc) is 3.04. The lowest BCUT2D eigenvalue weighted by atomic mass is 9.93. The monoisotopic (exact) mass is 764 g/mol. The maximum atomic E-state index is 13.8. The number of rotatable bonds is 17. The van der Waals surface area contributed by atoms with Gasteiger partial charge in [-0.2, -0.15) is 16.8 Å². The smallest absolute Gasteiger partial charge is 0.266 e. The summed E-state index contributed by atoms with van der Waals surface area (Å²) in [7, 11) is -17.3. The SMILES string of the molecule is Cc1ccc(S(=O)(=O)NCC(CCOS(=O)(=O)c2ccc(C)cc2)(CCOS(=O)(=O)c2ccc(C)cc2)NS(=O)(=O)c2ccc(C)cc2)cc1. The summed E-state index contributed by atoms with van der Waals surface area (Å²) in [6.07, 6.45) is -0.846. The van der Waals surface area contributed by atoms with Gasteiger partial charge >= 0.3 is 0 Å². The molecule has 0 aliphatic heterocycles. The summed E-state index contributed by atoms with van der Waals surface area (Å²) in [6, 6.07) is 23.6. The minimum atomic E-state index is -4.41. The van der Waals surface area contributed by atoms with Crippen LogP contribution in [0.1, 0.15) is 35.1 Å². The molecule has 0 saturated carbocycles. The van der Waals surface area contributed by atoms with Crippen molar-refractivity contribution in [3.63, 3.8) is 0 Å². The second-order valence-electron chi connectivity index (χ2n) is 12.0.